The molecule has 1 aromatic rings. The Labute approximate surface area is 105 Å². The average Bonchev–Trinajstić information content (AvgIpc) is 2.68. The van der Waals surface area contributed by atoms with Gasteiger partial charge in [0.2, 0.25) is 0 Å². The number of thiazole rings is 1. The van der Waals surface area contributed by atoms with Gasteiger partial charge >= 0.3 is 5.97 Å². The number of aromatic nitrogens is 1. The van der Waals surface area contributed by atoms with Crippen molar-refractivity contribution in [3.8, 4) is 0 Å². The second kappa shape index (κ2) is 5.12. The average molecular weight is 255 g/mol. The molecule has 0 saturated carbocycles. The molecular formula is C11H17N3O2S. The summed E-state index contributed by atoms with van der Waals surface area (Å²) in [6.07, 6.45) is 0. The summed E-state index contributed by atoms with van der Waals surface area (Å²) < 4.78 is 0. The van der Waals surface area contributed by atoms with Gasteiger partial charge in [0.25, 0.3) is 0 Å². The SMILES string of the molecule is Cc1nc(C(C(=O)O)N2CCN(C)CC2)cs1. The van der Waals surface area contributed by atoms with Crippen LogP contribution in [0.5, 0.6) is 0 Å². The van der Waals surface area contributed by atoms with Crippen molar-refractivity contribution in [1.29, 1.82) is 0 Å². The van der Waals surface area contributed by atoms with E-state index in [1.165, 1.54) is 11.3 Å². The van der Waals surface area contributed by atoms with Crippen molar-refractivity contribution in [3.05, 3.63) is 16.1 Å². The first-order valence-electron chi connectivity index (χ1n) is 5.65. The molecule has 1 aliphatic heterocycles. The highest BCUT2D eigenvalue weighted by Gasteiger charge is 2.31. The summed E-state index contributed by atoms with van der Waals surface area (Å²) in [5.41, 5.74) is 0.671. The Hall–Kier alpha value is -0.980. The molecule has 1 fully saturated rings. The van der Waals surface area contributed by atoms with Crippen LogP contribution in [-0.4, -0.2) is 59.1 Å². The van der Waals surface area contributed by atoms with Crippen LogP contribution in [0.25, 0.3) is 0 Å². The number of likely N-dealkylation sites (N-methyl/N-ethyl adjacent to an activating group) is 1. The molecule has 2 rings (SSSR count). The van der Waals surface area contributed by atoms with Crippen LogP contribution in [0.1, 0.15) is 16.7 Å². The Bertz CT molecular complexity index is 399. The molecule has 0 radical (unpaired) electrons. The van der Waals surface area contributed by atoms with E-state index in [1.54, 1.807) is 0 Å². The number of piperazine rings is 1. The number of carbonyl (C=O) groups is 1. The second-order valence-corrected chi connectivity index (χ2v) is 5.43. The zero-order chi connectivity index (χ0) is 12.4. The van der Waals surface area contributed by atoms with Crippen LogP contribution in [0.15, 0.2) is 5.38 Å². The highest BCUT2D eigenvalue weighted by Crippen LogP contribution is 2.23. The van der Waals surface area contributed by atoms with Gasteiger partial charge in [-0.05, 0) is 14.0 Å². The maximum Gasteiger partial charge on any atom is 0.327 e. The smallest absolute Gasteiger partial charge is 0.327 e. The Balaban J connectivity index is 2.15. The second-order valence-electron chi connectivity index (χ2n) is 4.37. The maximum absolute atomic E-state index is 11.4. The molecule has 0 amide bonds. The maximum atomic E-state index is 11.4. The number of nitrogens with zero attached hydrogens (tertiary/aromatic N) is 3. The molecule has 1 saturated heterocycles. The normalized spacial score (nSPS) is 20.4. The zero-order valence-corrected chi connectivity index (χ0v) is 10.9. The summed E-state index contributed by atoms with van der Waals surface area (Å²) in [7, 11) is 2.06. The minimum Gasteiger partial charge on any atom is -0.480 e. The minimum atomic E-state index is -0.806. The van der Waals surface area contributed by atoms with E-state index < -0.39 is 12.0 Å². The standard InChI is InChI=1S/C11H17N3O2S/c1-8-12-9(7-17-8)10(11(15)16)14-5-3-13(2)4-6-14/h7,10H,3-6H2,1-2H3,(H,15,16). The van der Waals surface area contributed by atoms with Gasteiger partial charge in [-0.3, -0.25) is 9.69 Å². The van der Waals surface area contributed by atoms with E-state index in [4.69, 9.17) is 0 Å². The summed E-state index contributed by atoms with van der Waals surface area (Å²) in [6, 6.07) is -0.589. The Morgan fingerprint density at radius 1 is 1.47 bits per heavy atom. The van der Waals surface area contributed by atoms with Crippen molar-refractivity contribution in [2.24, 2.45) is 0 Å². The van der Waals surface area contributed by atoms with Crippen molar-refractivity contribution in [2.75, 3.05) is 33.2 Å². The van der Waals surface area contributed by atoms with Crippen molar-refractivity contribution >= 4 is 17.3 Å². The first kappa shape index (κ1) is 12.5. The van der Waals surface area contributed by atoms with Crippen LogP contribution in [0.3, 0.4) is 0 Å². The number of hydrogen-bond acceptors (Lipinski definition) is 5. The van der Waals surface area contributed by atoms with Crippen molar-refractivity contribution in [3.63, 3.8) is 0 Å². The quantitative estimate of drug-likeness (QED) is 0.867. The highest BCUT2D eigenvalue weighted by molar-refractivity contribution is 7.09. The van der Waals surface area contributed by atoms with Crippen LogP contribution in [0.4, 0.5) is 0 Å². The topological polar surface area (TPSA) is 56.7 Å². The van der Waals surface area contributed by atoms with E-state index in [-0.39, 0.29) is 0 Å². The molecule has 5 nitrogen and oxygen atoms in total. The lowest BCUT2D eigenvalue weighted by Gasteiger charge is -2.35. The van der Waals surface area contributed by atoms with Crippen LogP contribution < -0.4 is 0 Å². The van der Waals surface area contributed by atoms with Crippen molar-refractivity contribution in [1.82, 2.24) is 14.8 Å². The van der Waals surface area contributed by atoms with E-state index in [9.17, 15) is 9.90 Å². The monoisotopic (exact) mass is 255 g/mol. The largest absolute Gasteiger partial charge is 0.480 e. The van der Waals surface area contributed by atoms with Gasteiger partial charge in [0.05, 0.1) is 10.7 Å². The van der Waals surface area contributed by atoms with E-state index in [1.807, 2.05) is 17.2 Å². The predicted octanol–water partition coefficient (Wildman–Crippen LogP) is 0.825. The Kier molecular flexibility index (Phi) is 3.76. The fourth-order valence-electron chi connectivity index (χ4n) is 2.06. The number of aryl methyl sites for hydroxylation is 1. The third-order valence-electron chi connectivity index (χ3n) is 3.05. The van der Waals surface area contributed by atoms with Crippen LogP contribution in [-0.2, 0) is 4.79 Å². The summed E-state index contributed by atoms with van der Waals surface area (Å²) >= 11 is 1.50. The predicted molar refractivity (Wildman–Crippen MR) is 66.3 cm³/mol. The summed E-state index contributed by atoms with van der Waals surface area (Å²) in [6.45, 7) is 5.28. The van der Waals surface area contributed by atoms with Gasteiger partial charge in [0.15, 0.2) is 6.04 Å². The zero-order valence-electron chi connectivity index (χ0n) is 10.1. The molecule has 1 N–H and O–H groups in total. The third-order valence-corrected chi connectivity index (χ3v) is 3.85. The highest BCUT2D eigenvalue weighted by atomic mass is 32.1. The molecule has 2 heterocycles. The molecule has 94 valence electrons. The summed E-state index contributed by atoms with van der Waals surface area (Å²) in [5, 5.41) is 12.1. The molecule has 1 aliphatic rings. The van der Waals surface area contributed by atoms with Gasteiger partial charge in [0, 0.05) is 31.6 Å². The number of carboxylic acids is 1. The first-order valence-corrected chi connectivity index (χ1v) is 6.53. The van der Waals surface area contributed by atoms with Gasteiger partial charge in [-0.1, -0.05) is 0 Å². The number of rotatable bonds is 3. The van der Waals surface area contributed by atoms with E-state index >= 15 is 0 Å². The fourth-order valence-corrected chi connectivity index (χ4v) is 2.69. The third kappa shape index (κ3) is 2.83. The summed E-state index contributed by atoms with van der Waals surface area (Å²) in [5.74, 6) is -0.806. The van der Waals surface area contributed by atoms with Gasteiger partial charge in [-0.15, -0.1) is 11.3 Å². The van der Waals surface area contributed by atoms with Gasteiger partial charge in [-0.2, -0.15) is 0 Å². The van der Waals surface area contributed by atoms with Crippen LogP contribution in [0.2, 0.25) is 0 Å². The minimum absolute atomic E-state index is 0.589. The Morgan fingerprint density at radius 2 is 2.12 bits per heavy atom. The fraction of sp³-hybridized carbons (Fsp3) is 0.636. The first-order chi connectivity index (χ1) is 8.08. The molecule has 0 spiro atoms. The van der Waals surface area contributed by atoms with Gasteiger partial charge in [0.1, 0.15) is 0 Å². The molecule has 1 atom stereocenters. The molecule has 17 heavy (non-hydrogen) atoms. The molecule has 0 aromatic carbocycles. The van der Waals surface area contributed by atoms with E-state index in [2.05, 4.69) is 16.9 Å². The molecule has 0 bridgehead atoms. The van der Waals surface area contributed by atoms with Crippen molar-refractivity contribution in [2.45, 2.75) is 13.0 Å². The molecular weight excluding hydrogens is 238 g/mol. The molecule has 0 aliphatic carbocycles. The number of carboxylic acid groups (broad SMARTS) is 1. The van der Waals surface area contributed by atoms with E-state index in [0.717, 1.165) is 31.2 Å². The lowest BCUT2D eigenvalue weighted by molar-refractivity contribution is -0.144. The number of hydrogen-bond donors (Lipinski definition) is 1. The van der Waals surface area contributed by atoms with E-state index in [0.29, 0.717) is 5.69 Å². The molecule has 1 unspecified atom stereocenters. The van der Waals surface area contributed by atoms with Crippen LogP contribution >= 0.6 is 11.3 Å². The molecule has 1 aromatic heterocycles. The van der Waals surface area contributed by atoms with Gasteiger partial charge in [-0.25, -0.2) is 4.98 Å². The lowest BCUT2D eigenvalue weighted by Crippen LogP contribution is -2.47. The summed E-state index contributed by atoms with van der Waals surface area (Å²) in [4.78, 5) is 19.9. The molecule has 6 heteroatoms. The Morgan fingerprint density at radius 3 is 2.59 bits per heavy atom. The van der Waals surface area contributed by atoms with Crippen molar-refractivity contribution < 1.29 is 9.90 Å². The number of aliphatic carboxylic acids is 1. The van der Waals surface area contributed by atoms with Gasteiger partial charge < -0.3 is 10.0 Å². The van der Waals surface area contributed by atoms with Crippen LogP contribution in [0, 0.1) is 6.92 Å². The lowest BCUT2D eigenvalue weighted by atomic mass is 10.1.